The van der Waals surface area contributed by atoms with E-state index in [2.05, 4.69) is 64.0 Å². The Morgan fingerprint density at radius 1 is 0.508 bits per heavy atom. The summed E-state index contributed by atoms with van der Waals surface area (Å²) in [5.41, 5.74) is 0. The van der Waals surface area contributed by atoms with Crippen LogP contribution in [-0.2, 0) is 9.59 Å². The van der Waals surface area contributed by atoms with Crippen LogP contribution in [0.1, 0.15) is 206 Å². The molecule has 0 saturated carbocycles. The molecular weight excluding hydrogens is 731 g/mol. The van der Waals surface area contributed by atoms with Crippen molar-refractivity contribution in [3.8, 4) is 0 Å². The van der Waals surface area contributed by atoms with Gasteiger partial charge in [-0.05, 0) is 131 Å². The van der Waals surface area contributed by atoms with Crippen LogP contribution in [-0.4, -0.2) is 125 Å². The van der Waals surface area contributed by atoms with Crippen molar-refractivity contribution in [2.75, 3.05) is 86.6 Å². The lowest BCUT2D eigenvalue weighted by atomic mass is 9.87. The van der Waals surface area contributed by atoms with Crippen molar-refractivity contribution < 1.29 is 9.59 Å². The van der Waals surface area contributed by atoms with Crippen LogP contribution in [0.3, 0.4) is 0 Å². The standard InChI is InChI=1S/C50H101N7O2/c1-5-6-7-8-9-12-15-18-21-30-46(43-47-44-49(58)53-36-27-34-51-33-26-35-52-47)31-22-19-16-13-10-11-14-17-20-23-32-48-45-50(59)54-37-28-40-55(2)38-24-25-39-56(3)41-29-42-57(48)4/h46-48,51-52H,5-45H2,1-4H3,(H,53,58)(H,54,59). The van der Waals surface area contributed by atoms with Crippen molar-refractivity contribution >= 4 is 11.8 Å². The second-order valence-electron chi connectivity index (χ2n) is 19.2. The van der Waals surface area contributed by atoms with Crippen LogP contribution < -0.4 is 21.3 Å². The van der Waals surface area contributed by atoms with Crippen molar-refractivity contribution in [3.05, 3.63) is 0 Å². The molecule has 2 saturated heterocycles. The van der Waals surface area contributed by atoms with Crippen LogP contribution in [0.15, 0.2) is 0 Å². The maximum Gasteiger partial charge on any atom is 0.221 e. The van der Waals surface area contributed by atoms with Gasteiger partial charge in [-0.3, -0.25) is 9.59 Å². The molecule has 0 radical (unpaired) electrons. The molecule has 2 aliphatic rings. The lowest BCUT2D eigenvalue weighted by molar-refractivity contribution is -0.122. The van der Waals surface area contributed by atoms with Crippen molar-refractivity contribution in [1.29, 1.82) is 0 Å². The minimum atomic E-state index is 0.228. The molecule has 0 aromatic rings. The smallest absolute Gasteiger partial charge is 0.221 e. The number of hydrogen-bond donors (Lipinski definition) is 4. The molecule has 9 nitrogen and oxygen atoms in total. The van der Waals surface area contributed by atoms with Crippen molar-refractivity contribution in [3.63, 3.8) is 0 Å². The van der Waals surface area contributed by atoms with Gasteiger partial charge in [-0.25, -0.2) is 0 Å². The summed E-state index contributed by atoms with van der Waals surface area (Å²) in [5.74, 6) is 1.19. The summed E-state index contributed by atoms with van der Waals surface area (Å²) in [7, 11) is 6.73. The number of carbonyl (C=O) groups excluding carboxylic acids is 2. The van der Waals surface area contributed by atoms with Crippen LogP contribution >= 0.6 is 0 Å². The van der Waals surface area contributed by atoms with Gasteiger partial charge < -0.3 is 36.0 Å². The van der Waals surface area contributed by atoms with Crippen molar-refractivity contribution in [2.24, 2.45) is 5.92 Å². The van der Waals surface area contributed by atoms with Crippen LogP contribution in [0.25, 0.3) is 0 Å². The summed E-state index contributed by atoms with van der Waals surface area (Å²) in [5, 5.41) is 13.7. The molecule has 2 rings (SSSR count). The number of rotatable bonds is 25. The zero-order valence-corrected chi connectivity index (χ0v) is 39.9. The van der Waals surface area contributed by atoms with Crippen LogP contribution in [0.2, 0.25) is 0 Å². The number of nitrogens with one attached hydrogen (secondary N) is 4. The topological polar surface area (TPSA) is 92.0 Å². The van der Waals surface area contributed by atoms with Gasteiger partial charge in [0.1, 0.15) is 0 Å². The predicted molar refractivity (Wildman–Crippen MR) is 254 cm³/mol. The molecular formula is C50H101N7O2. The third kappa shape index (κ3) is 32.1. The van der Waals surface area contributed by atoms with Crippen LogP contribution in [0.5, 0.6) is 0 Å². The SMILES string of the molecule is CCCCCCCCCCCC(CCCCCCCCCCCCC1CC(=O)NCCCN(C)CCCCN(C)CCCN1C)CC1CC(=O)NCCCNCCCN1. The van der Waals surface area contributed by atoms with Crippen molar-refractivity contribution in [2.45, 2.75) is 218 Å². The first-order valence-electron chi connectivity index (χ1n) is 25.9. The van der Waals surface area contributed by atoms with Gasteiger partial charge >= 0.3 is 0 Å². The average Bonchev–Trinajstić information content (AvgIpc) is 3.21. The summed E-state index contributed by atoms with van der Waals surface area (Å²) in [6, 6.07) is 0.647. The fourth-order valence-electron chi connectivity index (χ4n) is 9.47. The van der Waals surface area contributed by atoms with E-state index in [-0.39, 0.29) is 11.8 Å². The molecule has 9 heteroatoms. The fraction of sp³-hybridized carbons (Fsp3) is 0.960. The third-order valence-corrected chi connectivity index (χ3v) is 13.4. The molecule has 2 heterocycles. The summed E-state index contributed by atoms with van der Waals surface area (Å²) in [6.07, 6.45) is 38.9. The van der Waals surface area contributed by atoms with E-state index in [4.69, 9.17) is 0 Å². The maximum absolute atomic E-state index is 12.9. The maximum atomic E-state index is 12.9. The summed E-state index contributed by atoms with van der Waals surface area (Å²) < 4.78 is 0. The second kappa shape index (κ2) is 38.4. The molecule has 2 amide bonds. The van der Waals surface area contributed by atoms with Gasteiger partial charge in [-0.1, -0.05) is 142 Å². The minimum Gasteiger partial charge on any atom is -0.356 e. The zero-order chi connectivity index (χ0) is 42.4. The Bertz CT molecular complexity index is 970. The van der Waals surface area contributed by atoms with E-state index in [1.54, 1.807) is 0 Å². The average molecular weight is 832 g/mol. The van der Waals surface area contributed by atoms with E-state index in [0.29, 0.717) is 24.9 Å². The lowest BCUT2D eigenvalue weighted by Gasteiger charge is -2.28. The Balaban J connectivity index is 1.67. The molecule has 0 aromatic carbocycles. The molecule has 348 valence electrons. The molecule has 2 fully saturated rings. The summed E-state index contributed by atoms with van der Waals surface area (Å²) in [4.78, 5) is 33.1. The second-order valence-corrected chi connectivity index (χ2v) is 19.2. The molecule has 4 N–H and O–H groups in total. The number of amides is 2. The van der Waals surface area contributed by atoms with E-state index in [0.717, 1.165) is 96.9 Å². The highest BCUT2D eigenvalue weighted by Gasteiger charge is 2.21. The van der Waals surface area contributed by atoms with E-state index < -0.39 is 0 Å². The molecule has 0 spiro atoms. The first kappa shape index (κ1) is 53.9. The number of nitrogens with zero attached hydrogens (tertiary/aromatic N) is 3. The van der Waals surface area contributed by atoms with Gasteiger partial charge in [-0.2, -0.15) is 0 Å². The quantitative estimate of drug-likeness (QED) is 0.0682. The molecule has 3 unspecified atom stereocenters. The van der Waals surface area contributed by atoms with Gasteiger partial charge in [0.15, 0.2) is 0 Å². The minimum absolute atomic E-state index is 0.228. The van der Waals surface area contributed by atoms with E-state index in [1.165, 1.54) is 161 Å². The first-order chi connectivity index (χ1) is 28.9. The number of unbranched alkanes of at least 4 members (excludes halogenated alkanes) is 17. The van der Waals surface area contributed by atoms with Gasteiger partial charge in [0.05, 0.1) is 0 Å². The zero-order valence-electron chi connectivity index (χ0n) is 39.9. The van der Waals surface area contributed by atoms with E-state index in [1.807, 2.05) is 0 Å². The van der Waals surface area contributed by atoms with Crippen LogP contribution in [0, 0.1) is 5.92 Å². The summed E-state index contributed by atoms with van der Waals surface area (Å²) >= 11 is 0. The van der Waals surface area contributed by atoms with Gasteiger partial charge in [0.2, 0.25) is 11.8 Å². The highest BCUT2D eigenvalue weighted by molar-refractivity contribution is 5.76. The lowest BCUT2D eigenvalue weighted by Crippen LogP contribution is -2.39. The van der Waals surface area contributed by atoms with Gasteiger partial charge in [0, 0.05) is 38.0 Å². The number of hydrogen-bond acceptors (Lipinski definition) is 7. The Hall–Kier alpha value is -1.26. The van der Waals surface area contributed by atoms with E-state index >= 15 is 0 Å². The highest BCUT2D eigenvalue weighted by atomic mass is 16.2. The molecule has 0 aromatic heterocycles. The van der Waals surface area contributed by atoms with Gasteiger partial charge in [0.25, 0.3) is 0 Å². The van der Waals surface area contributed by atoms with E-state index in [9.17, 15) is 9.59 Å². The molecule has 0 aliphatic carbocycles. The highest BCUT2D eigenvalue weighted by Crippen LogP contribution is 2.25. The van der Waals surface area contributed by atoms with Crippen molar-refractivity contribution in [1.82, 2.24) is 36.0 Å². The summed E-state index contributed by atoms with van der Waals surface area (Å²) in [6.45, 7) is 12.5. The fourth-order valence-corrected chi connectivity index (χ4v) is 9.47. The normalized spacial score (nSPS) is 22.2. The Labute approximate surface area is 366 Å². The van der Waals surface area contributed by atoms with Gasteiger partial charge in [-0.15, -0.1) is 0 Å². The molecule has 3 atom stereocenters. The Kier molecular flexibility index (Phi) is 35.1. The largest absolute Gasteiger partial charge is 0.356 e. The Morgan fingerprint density at radius 2 is 0.983 bits per heavy atom. The molecule has 0 bridgehead atoms. The molecule has 2 aliphatic heterocycles. The third-order valence-electron chi connectivity index (χ3n) is 13.4. The monoisotopic (exact) mass is 832 g/mol. The first-order valence-corrected chi connectivity index (χ1v) is 25.9. The Morgan fingerprint density at radius 3 is 1.58 bits per heavy atom. The number of carbonyl (C=O) groups is 2. The molecule has 59 heavy (non-hydrogen) atoms. The van der Waals surface area contributed by atoms with Crippen LogP contribution in [0.4, 0.5) is 0 Å². The predicted octanol–water partition coefficient (Wildman–Crippen LogP) is 9.69.